The Morgan fingerprint density at radius 3 is 2.30 bits per heavy atom. The van der Waals surface area contributed by atoms with Gasteiger partial charge in [-0.15, -0.1) is 0 Å². The molecule has 0 aliphatic rings. The number of alkyl carbamates (subject to hydrolysis) is 1. The monoisotopic (exact) mass is 369 g/mol. The SMILES string of the molecule is Cc1cccc(Nc2ccccc2)c1NC(=O)[C@@H](C)NC(=O)OC(C)(C)C. The first-order valence-corrected chi connectivity index (χ1v) is 8.88. The number of carbonyl (C=O) groups is 2. The van der Waals surface area contributed by atoms with Crippen LogP contribution in [0.4, 0.5) is 21.9 Å². The van der Waals surface area contributed by atoms with Crippen LogP contribution in [0.1, 0.15) is 33.3 Å². The molecule has 0 saturated heterocycles. The van der Waals surface area contributed by atoms with Gasteiger partial charge in [-0.2, -0.15) is 0 Å². The first-order chi connectivity index (χ1) is 12.7. The molecule has 0 aliphatic heterocycles. The molecule has 2 aromatic carbocycles. The minimum absolute atomic E-state index is 0.328. The summed E-state index contributed by atoms with van der Waals surface area (Å²) in [5, 5.41) is 8.75. The number of hydrogen-bond acceptors (Lipinski definition) is 4. The average molecular weight is 369 g/mol. The van der Waals surface area contributed by atoms with Crippen molar-refractivity contribution in [2.45, 2.75) is 46.3 Å². The van der Waals surface area contributed by atoms with Crippen LogP contribution in [0.5, 0.6) is 0 Å². The van der Waals surface area contributed by atoms with Gasteiger partial charge in [0.15, 0.2) is 0 Å². The van der Waals surface area contributed by atoms with Crippen LogP contribution in [0.3, 0.4) is 0 Å². The third kappa shape index (κ3) is 6.33. The lowest BCUT2D eigenvalue weighted by Gasteiger charge is -2.22. The molecule has 2 rings (SSSR count). The average Bonchev–Trinajstić information content (AvgIpc) is 2.57. The molecule has 0 aromatic heterocycles. The predicted molar refractivity (Wildman–Crippen MR) is 108 cm³/mol. The first-order valence-electron chi connectivity index (χ1n) is 8.88. The van der Waals surface area contributed by atoms with Crippen LogP contribution in [-0.2, 0) is 9.53 Å². The highest BCUT2D eigenvalue weighted by Gasteiger charge is 2.22. The summed E-state index contributed by atoms with van der Waals surface area (Å²) in [6.45, 7) is 8.84. The standard InChI is InChI=1S/C21H27N3O3/c1-14-10-9-13-17(23-16-11-7-6-8-12-16)18(14)24-19(25)15(2)22-20(26)27-21(3,4)5/h6-13,15,23H,1-5H3,(H,22,26)(H,24,25)/t15-/m1/s1. The van der Waals surface area contributed by atoms with Gasteiger partial charge in [-0.05, 0) is 58.4 Å². The second-order valence-corrected chi connectivity index (χ2v) is 7.35. The summed E-state index contributed by atoms with van der Waals surface area (Å²) >= 11 is 0. The number of hydrogen-bond donors (Lipinski definition) is 3. The highest BCUT2D eigenvalue weighted by molar-refractivity contribution is 6.00. The van der Waals surface area contributed by atoms with Gasteiger partial charge in [-0.1, -0.05) is 30.3 Å². The van der Waals surface area contributed by atoms with Crippen LogP contribution in [0.15, 0.2) is 48.5 Å². The van der Waals surface area contributed by atoms with E-state index < -0.39 is 17.7 Å². The minimum atomic E-state index is -0.746. The Labute approximate surface area is 160 Å². The van der Waals surface area contributed by atoms with Crippen LogP contribution in [0, 0.1) is 6.92 Å². The predicted octanol–water partition coefficient (Wildman–Crippen LogP) is 4.59. The fourth-order valence-corrected chi connectivity index (χ4v) is 2.40. The van der Waals surface area contributed by atoms with Gasteiger partial charge >= 0.3 is 6.09 Å². The fourth-order valence-electron chi connectivity index (χ4n) is 2.40. The molecule has 0 aliphatic carbocycles. The Morgan fingerprint density at radius 2 is 1.67 bits per heavy atom. The van der Waals surface area contributed by atoms with Gasteiger partial charge in [-0.25, -0.2) is 4.79 Å². The van der Waals surface area contributed by atoms with Crippen molar-refractivity contribution in [3.05, 3.63) is 54.1 Å². The lowest BCUT2D eigenvalue weighted by molar-refractivity contribution is -0.117. The van der Waals surface area contributed by atoms with E-state index in [1.54, 1.807) is 27.7 Å². The van der Waals surface area contributed by atoms with Crippen molar-refractivity contribution in [3.63, 3.8) is 0 Å². The van der Waals surface area contributed by atoms with Crippen LogP contribution in [0.25, 0.3) is 0 Å². The Kier molecular flexibility index (Phi) is 6.45. The van der Waals surface area contributed by atoms with E-state index in [2.05, 4.69) is 16.0 Å². The molecular formula is C21H27N3O3. The van der Waals surface area contributed by atoms with Crippen molar-refractivity contribution in [1.29, 1.82) is 0 Å². The maximum Gasteiger partial charge on any atom is 0.408 e. The largest absolute Gasteiger partial charge is 0.444 e. The zero-order chi connectivity index (χ0) is 20.0. The van der Waals surface area contributed by atoms with Crippen molar-refractivity contribution in [3.8, 4) is 0 Å². The van der Waals surface area contributed by atoms with E-state index in [-0.39, 0.29) is 5.91 Å². The molecule has 6 heteroatoms. The molecule has 6 nitrogen and oxygen atoms in total. The normalized spacial score (nSPS) is 12.0. The van der Waals surface area contributed by atoms with Crippen LogP contribution < -0.4 is 16.0 Å². The zero-order valence-corrected chi connectivity index (χ0v) is 16.4. The van der Waals surface area contributed by atoms with Gasteiger partial charge < -0.3 is 20.7 Å². The van der Waals surface area contributed by atoms with Crippen molar-refractivity contribution >= 4 is 29.1 Å². The van der Waals surface area contributed by atoms with E-state index in [4.69, 9.17) is 4.74 Å². The van der Waals surface area contributed by atoms with Crippen LogP contribution in [0.2, 0.25) is 0 Å². The van der Waals surface area contributed by atoms with Gasteiger partial charge in [0.25, 0.3) is 0 Å². The Hall–Kier alpha value is -3.02. The number of para-hydroxylation sites is 2. The second-order valence-electron chi connectivity index (χ2n) is 7.35. The quantitative estimate of drug-likeness (QED) is 0.720. The molecular weight excluding hydrogens is 342 g/mol. The van der Waals surface area contributed by atoms with E-state index in [0.29, 0.717) is 5.69 Å². The summed E-state index contributed by atoms with van der Waals surface area (Å²) in [6, 6.07) is 14.7. The van der Waals surface area contributed by atoms with E-state index in [1.807, 2.05) is 55.5 Å². The van der Waals surface area contributed by atoms with E-state index in [0.717, 1.165) is 16.9 Å². The van der Waals surface area contributed by atoms with Gasteiger partial charge in [0.2, 0.25) is 5.91 Å². The molecule has 3 N–H and O–H groups in total. The number of benzene rings is 2. The Bertz CT molecular complexity index is 798. The topological polar surface area (TPSA) is 79.5 Å². The summed E-state index contributed by atoms with van der Waals surface area (Å²) in [5.41, 5.74) is 2.65. The highest BCUT2D eigenvalue weighted by Crippen LogP contribution is 2.28. The zero-order valence-electron chi connectivity index (χ0n) is 16.4. The molecule has 1 atom stereocenters. The van der Waals surface area contributed by atoms with Crippen molar-refractivity contribution in [2.24, 2.45) is 0 Å². The van der Waals surface area contributed by atoms with Gasteiger partial charge in [0.05, 0.1) is 11.4 Å². The summed E-state index contributed by atoms with van der Waals surface area (Å²) < 4.78 is 5.19. The maximum atomic E-state index is 12.6. The molecule has 0 spiro atoms. The molecule has 144 valence electrons. The number of anilines is 3. The summed E-state index contributed by atoms with van der Waals surface area (Å²) in [7, 11) is 0. The van der Waals surface area contributed by atoms with Crippen molar-refractivity contribution in [1.82, 2.24) is 5.32 Å². The molecule has 2 aromatic rings. The number of nitrogens with one attached hydrogen (secondary N) is 3. The Morgan fingerprint density at radius 1 is 1.00 bits per heavy atom. The lowest BCUT2D eigenvalue weighted by atomic mass is 10.1. The molecule has 2 amide bonds. The van der Waals surface area contributed by atoms with Crippen molar-refractivity contribution in [2.75, 3.05) is 10.6 Å². The number of amides is 2. The fraction of sp³-hybridized carbons (Fsp3) is 0.333. The van der Waals surface area contributed by atoms with E-state index in [1.165, 1.54) is 0 Å². The minimum Gasteiger partial charge on any atom is -0.444 e. The third-order valence-electron chi connectivity index (χ3n) is 3.70. The van der Waals surface area contributed by atoms with Gasteiger partial charge in [0, 0.05) is 5.69 Å². The summed E-state index contributed by atoms with van der Waals surface area (Å²) in [4.78, 5) is 24.4. The molecule has 27 heavy (non-hydrogen) atoms. The number of carbonyl (C=O) groups excluding carboxylic acids is 2. The van der Waals surface area contributed by atoms with E-state index >= 15 is 0 Å². The maximum absolute atomic E-state index is 12.6. The molecule has 0 saturated carbocycles. The van der Waals surface area contributed by atoms with Crippen LogP contribution >= 0.6 is 0 Å². The van der Waals surface area contributed by atoms with Gasteiger partial charge in [0.1, 0.15) is 11.6 Å². The smallest absolute Gasteiger partial charge is 0.408 e. The number of ether oxygens (including phenoxy) is 1. The van der Waals surface area contributed by atoms with Gasteiger partial charge in [-0.3, -0.25) is 4.79 Å². The second kappa shape index (κ2) is 8.58. The molecule has 0 radical (unpaired) electrons. The summed E-state index contributed by atoms with van der Waals surface area (Å²) in [6.07, 6.45) is -0.627. The number of aryl methyl sites for hydroxylation is 1. The molecule has 0 bridgehead atoms. The van der Waals surface area contributed by atoms with Crippen molar-refractivity contribution < 1.29 is 14.3 Å². The summed E-state index contributed by atoms with van der Waals surface area (Å²) in [5.74, 6) is -0.328. The molecule has 0 heterocycles. The molecule has 0 fully saturated rings. The Balaban J connectivity index is 2.09. The molecule has 0 unspecified atom stereocenters. The first kappa shape index (κ1) is 20.3. The van der Waals surface area contributed by atoms with Crippen LogP contribution in [-0.4, -0.2) is 23.6 Å². The third-order valence-corrected chi connectivity index (χ3v) is 3.70. The van der Waals surface area contributed by atoms with E-state index in [9.17, 15) is 9.59 Å². The number of rotatable bonds is 5. The highest BCUT2D eigenvalue weighted by atomic mass is 16.6. The lowest BCUT2D eigenvalue weighted by Crippen LogP contribution is -2.44.